The molecule has 36 heavy (non-hydrogen) atoms. The first-order valence-electron chi connectivity index (χ1n) is 11.2. The third-order valence-electron chi connectivity index (χ3n) is 5.51. The van der Waals surface area contributed by atoms with Crippen molar-refractivity contribution >= 4 is 35.0 Å². The van der Waals surface area contributed by atoms with Crippen LogP contribution < -0.4 is 4.74 Å². The number of benzene rings is 3. The van der Waals surface area contributed by atoms with Crippen LogP contribution in [0.4, 0.5) is 0 Å². The second-order valence-corrected chi connectivity index (χ2v) is 10.4. The molecule has 0 bridgehead atoms. The fourth-order valence-corrected chi connectivity index (χ4v) is 5.47. The minimum atomic E-state index is -0.603. The molecule has 186 valence electrons. The van der Waals surface area contributed by atoms with Gasteiger partial charge in [-0.3, -0.25) is 14.7 Å². The Morgan fingerprint density at radius 3 is 2.33 bits per heavy atom. The summed E-state index contributed by atoms with van der Waals surface area (Å²) in [5.74, 6) is 1.02. The maximum absolute atomic E-state index is 11.6. The molecule has 1 aromatic heterocycles. The van der Waals surface area contributed by atoms with Crippen LogP contribution >= 0.6 is 35.0 Å². The Morgan fingerprint density at radius 2 is 1.69 bits per heavy atom. The maximum atomic E-state index is 11.6. The number of rotatable bonds is 9. The summed E-state index contributed by atoms with van der Waals surface area (Å²) in [5, 5.41) is 20.6. The molecule has 0 unspecified atom stereocenters. The highest BCUT2D eigenvalue weighted by Crippen LogP contribution is 2.42. The van der Waals surface area contributed by atoms with Crippen molar-refractivity contribution in [2.45, 2.75) is 37.8 Å². The Bertz CT molecular complexity index is 1370. The van der Waals surface area contributed by atoms with Gasteiger partial charge in [0.15, 0.2) is 10.9 Å². The second-order valence-electron chi connectivity index (χ2n) is 8.41. The molecule has 0 radical (unpaired) electrons. The predicted octanol–water partition coefficient (Wildman–Crippen LogP) is 7.19. The monoisotopic (exact) mass is 542 g/mol. The number of hydrogen-bond acceptors (Lipinski definition) is 6. The van der Waals surface area contributed by atoms with Gasteiger partial charge in [0.05, 0.1) is 10.0 Å². The third-order valence-corrected chi connectivity index (χ3v) is 7.26. The van der Waals surface area contributed by atoms with Gasteiger partial charge in [0.25, 0.3) is 0 Å². The zero-order valence-corrected chi connectivity index (χ0v) is 22.3. The SMILES string of the molecule is Cc1ccc(COc2c(Cl)cc([C@@H](C[N+](=O)[O-])Sc3nnc(C)n3-c3cccc(C)c3)cc2Cl)cc1. The number of nitro groups is 1. The number of thioether (sulfide) groups is 1. The van der Waals surface area contributed by atoms with Gasteiger partial charge >= 0.3 is 0 Å². The van der Waals surface area contributed by atoms with E-state index < -0.39 is 5.25 Å². The number of ether oxygens (including phenoxy) is 1. The summed E-state index contributed by atoms with van der Waals surface area (Å²) in [6.45, 7) is 5.81. The first-order chi connectivity index (χ1) is 17.2. The van der Waals surface area contributed by atoms with E-state index in [0.717, 1.165) is 22.4 Å². The van der Waals surface area contributed by atoms with Gasteiger partial charge in [-0.05, 0) is 61.7 Å². The summed E-state index contributed by atoms with van der Waals surface area (Å²) in [5.41, 5.74) is 4.70. The normalized spacial score (nSPS) is 11.9. The summed E-state index contributed by atoms with van der Waals surface area (Å²) in [7, 11) is 0. The minimum absolute atomic E-state index is 0.287. The fourth-order valence-electron chi connectivity index (χ4n) is 3.70. The minimum Gasteiger partial charge on any atom is -0.486 e. The van der Waals surface area contributed by atoms with Crippen LogP contribution in [-0.4, -0.2) is 26.2 Å². The quantitative estimate of drug-likeness (QED) is 0.126. The molecule has 0 N–H and O–H groups in total. The summed E-state index contributed by atoms with van der Waals surface area (Å²) in [6, 6.07) is 19.2. The van der Waals surface area contributed by atoms with E-state index in [0.29, 0.717) is 28.9 Å². The number of hydrogen-bond donors (Lipinski definition) is 0. The molecule has 10 heteroatoms. The summed E-state index contributed by atoms with van der Waals surface area (Å²) in [4.78, 5) is 11.2. The summed E-state index contributed by atoms with van der Waals surface area (Å²) >= 11 is 14.3. The van der Waals surface area contributed by atoms with Crippen molar-refractivity contribution in [1.29, 1.82) is 0 Å². The molecule has 0 aliphatic rings. The lowest BCUT2D eigenvalue weighted by molar-refractivity contribution is -0.479. The van der Waals surface area contributed by atoms with Crippen molar-refractivity contribution in [2.75, 3.05) is 6.54 Å². The van der Waals surface area contributed by atoms with Crippen LogP contribution in [0.1, 0.15) is 33.3 Å². The molecule has 4 aromatic rings. The number of nitrogens with zero attached hydrogens (tertiary/aromatic N) is 4. The van der Waals surface area contributed by atoms with Crippen LogP contribution in [-0.2, 0) is 6.61 Å². The summed E-state index contributed by atoms with van der Waals surface area (Å²) < 4.78 is 7.77. The first-order valence-corrected chi connectivity index (χ1v) is 12.8. The lowest BCUT2D eigenvalue weighted by Gasteiger charge is -2.17. The van der Waals surface area contributed by atoms with Crippen LogP contribution in [0.15, 0.2) is 65.8 Å². The van der Waals surface area contributed by atoms with Gasteiger partial charge < -0.3 is 4.74 Å². The van der Waals surface area contributed by atoms with E-state index in [4.69, 9.17) is 27.9 Å². The Hall–Kier alpha value is -3.07. The summed E-state index contributed by atoms with van der Waals surface area (Å²) in [6.07, 6.45) is 0. The van der Waals surface area contributed by atoms with E-state index in [1.54, 1.807) is 12.1 Å². The molecule has 7 nitrogen and oxygen atoms in total. The molecule has 4 rings (SSSR count). The van der Waals surface area contributed by atoms with Gasteiger partial charge in [0.1, 0.15) is 17.7 Å². The molecular formula is C26H24Cl2N4O3S. The second kappa shape index (κ2) is 11.3. The topological polar surface area (TPSA) is 83.1 Å². The van der Waals surface area contributed by atoms with Crippen LogP contribution in [0, 0.1) is 30.9 Å². The van der Waals surface area contributed by atoms with Crippen LogP contribution in [0.25, 0.3) is 5.69 Å². The zero-order chi connectivity index (χ0) is 25.8. The van der Waals surface area contributed by atoms with E-state index in [1.807, 2.05) is 73.9 Å². The van der Waals surface area contributed by atoms with Gasteiger partial charge in [0, 0.05) is 10.6 Å². The van der Waals surface area contributed by atoms with Gasteiger partial charge in [-0.15, -0.1) is 10.2 Å². The predicted molar refractivity (Wildman–Crippen MR) is 143 cm³/mol. The molecule has 0 fully saturated rings. The van der Waals surface area contributed by atoms with Gasteiger partial charge in [-0.2, -0.15) is 0 Å². The molecule has 0 aliphatic carbocycles. The highest BCUT2D eigenvalue weighted by Gasteiger charge is 2.26. The standard InChI is InChI=1S/C26H24Cl2N4O3S/c1-16-7-9-19(10-8-16)15-35-25-22(27)12-20(13-23(25)28)24(14-31(33)34)36-26-30-29-18(3)32(26)21-6-4-5-17(2)11-21/h4-13,24H,14-15H2,1-3H3/t24-/m1/s1. The van der Waals surface area contributed by atoms with Crippen molar-refractivity contribution in [1.82, 2.24) is 14.8 Å². The van der Waals surface area contributed by atoms with E-state index in [1.165, 1.54) is 11.8 Å². The number of aryl methyl sites for hydroxylation is 3. The van der Waals surface area contributed by atoms with Gasteiger partial charge in [0.2, 0.25) is 6.54 Å². The van der Waals surface area contributed by atoms with Gasteiger partial charge in [-0.25, -0.2) is 0 Å². The van der Waals surface area contributed by atoms with E-state index in [9.17, 15) is 10.1 Å². The van der Waals surface area contributed by atoms with E-state index in [-0.39, 0.29) is 21.5 Å². The van der Waals surface area contributed by atoms with E-state index >= 15 is 0 Å². The number of halogens is 2. The lowest BCUT2D eigenvalue weighted by Crippen LogP contribution is -2.11. The Balaban J connectivity index is 1.62. The van der Waals surface area contributed by atoms with Crippen molar-refractivity contribution < 1.29 is 9.66 Å². The third kappa shape index (κ3) is 6.19. The Morgan fingerprint density at radius 1 is 1.00 bits per heavy atom. The Labute approximate surface area is 223 Å². The molecule has 1 heterocycles. The van der Waals surface area contributed by atoms with Gasteiger partial charge in [-0.1, -0.05) is 76.9 Å². The van der Waals surface area contributed by atoms with Crippen molar-refractivity contribution in [3.63, 3.8) is 0 Å². The lowest BCUT2D eigenvalue weighted by atomic mass is 10.1. The average molecular weight is 543 g/mol. The molecule has 0 amide bonds. The molecular weight excluding hydrogens is 519 g/mol. The number of aromatic nitrogens is 3. The van der Waals surface area contributed by atoms with Crippen LogP contribution in [0.5, 0.6) is 5.75 Å². The molecule has 0 saturated heterocycles. The van der Waals surface area contributed by atoms with Crippen molar-refractivity contribution in [3.05, 3.63) is 109 Å². The molecule has 0 spiro atoms. The van der Waals surface area contributed by atoms with Crippen LogP contribution in [0.2, 0.25) is 10.0 Å². The first kappa shape index (κ1) is 26.0. The van der Waals surface area contributed by atoms with Crippen molar-refractivity contribution in [3.8, 4) is 11.4 Å². The highest BCUT2D eigenvalue weighted by atomic mass is 35.5. The fraction of sp³-hybridized carbons (Fsp3) is 0.231. The Kier molecular flexibility index (Phi) is 8.18. The molecule has 1 atom stereocenters. The van der Waals surface area contributed by atoms with Crippen LogP contribution in [0.3, 0.4) is 0 Å². The molecule has 0 saturated carbocycles. The molecule has 0 aliphatic heterocycles. The largest absolute Gasteiger partial charge is 0.486 e. The average Bonchev–Trinajstić information content (AvgIpc) is 3.18. The molecule has 3 aromatic carbocycles. The smallest absolute Gasteiger partial charge is 0.220 e. The maximum Gasteiger partial charge on any atom is 0.220 e. The van der Waals surface area contributed by atoms with E-state index in [2.05, 4.69) is 10.2 Å². The zero-order valence-electron chi connectivity index (χ0n) is 19.9. The highest BCUT2D eigenvalue weighted by molar-refractivity contribution is 7.99. The van der Waals surface area contributed by atoms with Crippen molar-refractivity contribution in [2.24, 2.45) is 0 Å².